The predicted molar refractivity (Wildman–Crippen MR) is 434 cm³/mol. The molecular formula is C78H79ClF2N28O5Si. The maximum absolute atomic E-state index is 13.4. The average Bonchev–Trinajstić information content (AvgIpc) is 1.76. The van der Waals surface area contributed by atoms with Crippen LogP contribution in [0.1, 0.15) is 146 Å². The van der Waals surface area contributed by atoms with Gasteiger partial charge in [0.1, 0.15) is 71.9 Å². The van der Waals surface area contributed by atoms with Crippen molar-refractivity contribution in [1.82, 2.24) is 54.9 Å². The molecule has 11 aromatic rings. The Balaban J connectivity index is 0.000000288. The lowest BCUT2D eigenvalue weighted by molar-refractivity contribution is 0.0689. The minimum atomic E-state index is -1.47. The van der Waals surface area contributed by atoms with Crippen LogP contribution in [0.3, 0.4) is 0 Å². The van der Waals surface area contributed by atoms with Crippen LogP contribution in [0.2, 0.25) is 21.8 Å². The Morgan fingerprint density at radius 2 is 1.00 bits per heavy atom. The van der Waals surface area contributed by atoms with Crippen LogP contribution in [-0.2, 0) is 24.3 Å². The number of carboxylic acids is 1. The summed E-state index contributed by atoms with van der Waals surface area (Å²) in [4.78, 5) is 60.2. The lowest BCUT2D eigenvalue weighted by Gasteiger charge is -2.37. The van der Waals surface area contributed by atoms with Gasteiger partial charge in [-0.25, -0.2) is 48.2 Å². The first-order valence-corrected chi connectivity index (χ1v) is 36.4. The molecule has 0 saturated heterocycles. The van der Waals surface area contributed by atoms with E-state index in [4.69, 9.17) is 90.2 Å². The summed E-state index contributed by atoms with van der Waals surface area (Å²) in [5.41, 5.74) is 52.5. The Morgan fingerprint density at radius 3 is 1.43 bits per heavy atom. The van der Waals surface area contributed by atoms with Gasteiger partial charge in [-0.2, -0.15) is 31.3 Å². The number of fused-ring (bicyclic) bond motifs is 3. The Kier molecular flexibility index (Phi) is 34.2. The number of aliphatic imine (C=N–C) groups is 1. The Bertz CT molecular complexity index is 5740. The standard InChI is InChI=1S/C20H18N8O.C11H6N4.C11H22Si.C9H5ClN4.C9H7FN4O.C9H12N4O.C8H4FNO2.CH5N3/c1-20(2,29)16-8-4-6-13(23-16)10-28-11-15(26-27-28)18-14-7-3-5-12(9-21)17(14)24-19(22)25-18;1-2-9-8-5-3-4-7(6-12)10(8)15-11(13)14-9;1-8-12(9(2)3,10(4)5)11(6)7;10-8-6-3-1-2-5(4-11)7(6)13-9(12)14-8;10-7-5(4-11)2-1-3-6(7)8(15)14-9(12)13;1-9(2,14)8-5-3-4-7(12-8)6-11-13-10;9-7-5(4-10)2-1-3-6(7)8(11)12;2-1(3)4/h3-8,11,29H,10H2,1-2H3,(H2,22,24,25);1,3-5H,(H2,13,14,15);1,9-11H,2-7H3;1-3H,(H2,12,13,14);1-3H,(H4,12,13,14,15);3-5,14H,6H2,1-2H3;1-3H,(H,11,12);(H5,2,3,4). The minimum absolute atomic E-state index is 0.0595. The monoisotopic (exact) mass is 1590 g/mol. The van der Waals surface area contributed by atoms with E-state index in [0.29, 0.717) is 107 Å². The average molecular weight is 1590 g/mol. The summed E-state index contributed by atoms with van der Waals surface area (Å²) in [5, 5.41) is 92.2. The number of aromatic nitrogens is 11. The molecule has 0 fully saturated rings. The molecule has 6 heterocycles. The van der Waals surface area contributed by atoms with Gasteiger partial charge < -0.3 is 55.5 Å². The number of para-hydroxylation sites is 3. The zero-order valence-corrected chi connectivity index (χ0v) is 65.5. The van der Waals surface area contributed by atoms with Crippen LogP contribution < -0.4 is 40.1 Å². The van der Waals surface area contributed by atoms with E-state index in [0.717, 1.165) is 11.8 Å². The minimum Gasteiger partial charge on any atom is -0.478 e. The number of azide groups is 1. The highest BCUT2D eigenvalue weighted by Gasteiger charge is 2.41. The molecule has 0 aliphatic carbocycles. The van der Waals surface area contributed by atoms with Gasteiger partial charge in [0.05, 0.1) is 91.9 Å². The highest BCUT2D eigenvalue weighted by atomic mass is 35.5. The number of carboxylic acid groups (broad SMARTS) is 1. The van der Waals surface area contributed by atoms with Gasteiger partial charge in [-0.05, 0) is 135 Å². The first-order chi connectivity index (χ1) is 54.2. The van der Waals surface area contributed by atoms with Gasteiger partial charge in [-0.15, -0.1) is 23.5 Å². The first-order valence-electron chi connectivity index (χ1n) is 33.8. The number of amides is 1. The summed E-state index contributed by atoms with van der Waals surface area (Å²) in [6.45, 7) is 21.0. The van der Waals surface area contributed by atoms with Gasteiger partial charge in [0.25, 0.3) is 5.91 Å². The molecule has 0 saturated carbocycles. The van der Waals surface area contributed by atoms with E-state index in [1.165, 1.54) is 30.3 Å². The van der Waals surface area contributed by atoms with Crippen molar-refractivity contribution in [2.24, 2.45) is 33.0 Å². The Hall–Kier alpha value is -15.2. The zero-order chi connectivity index (χ0) is 86.2. The number of aromatic carboxylic acids is 1. The molecule has 115 heavy (non-hydrogen) atoms. The maximum atomic E-state index is 13.4. The fourth-order valence-corrected chi connectivity index (χ4v) is 16.1. The molecule has 0 radical (unpaired) electrons. The molecule has 5 aromatic carbocycles. The summed E-state index contributed by atoms with van der Waals surface area (Å²) in [5.74, 6) is -2.34. The number of hydrogen-bond acceptors (Lipinski definition) is 24. The van der Waals surface area contributed by atoms with Gasteiger partial charge >= 0.3 is 5.97 Å². The van der Waals surface area contributed by atoms with Crippen molar-refractivity contribution < 1.29 is 33.7 Å². The van der Waals surface area contributed by atoms with Crippen molar-refractivity contribution in [3.8, 4) is 66.0 Å². The molecule has 0 spiro atoms. The van der Waals surface area contributed by atoms with Crippen molar-refractivity contribution in [2.75, 3.05) is 17.2 Å². The van der Waals surface area contributed by atoms with Gasteiger partial charge in [0, 0.05) is 26.8 Å². The normalized spacial score (nSPS) is 10.3. The number of benzene rings is 5. The number of carbonyl (C=O) groups is 2. The SMILES string of the molecule is C#C[Si](C(C)C)(C(C)C)C(C)C.C#Cc1nc(N)nc2c(C#N)cccc12.CC(C)(O)c1cccc(CN=[N+]=[N-])n1.CC(C)(O)c1cccc(Cn2cc(-c3nc(N)nc4c(C#N)cccc34)nn2)n1.N#Cc1cccc(C(=O)N=C(N)N)c1F.N#Cc1cccc(C(=O)O)c1F.N#Cc1cccc2c(Cl)nc(N)nc12.N=C(N)N. The number of anilines is 3. The molecule has 0 aliphatic rings. The number of terminal acetylenes is 2. The van der Waals surface area contributed by atoms with Crippen molar-refractivity contribution >= 4 is 94.0 Å². The van der Waals surface area contributed by atoms with E-state index in [9.17, 15) is 33.8 Å². The van der Waals surface area contributed by atoms with E-state index < -0.39 is 54.3 Å². The third kappa shape index (κ3) is 26.0. The van der Waals surface area contributed by atoms with Gasteiger partial charge in [0.15, 0.2) is 23.6 Å². The van der Waals surface area contributed by atoms with Crippen LogP contribution in [0.5, 0.6) is 0 Å². The van der Waals surface area contributed by atoms with E-state index in [1.54, 1.807) is 124 Å². The Morgan fingerprint density at radius 1 is 0.600 bits per heavy atom. The number of nitrogen functional groups attached to an aromatic ring is 3. The molecule has 0 unspecified atom stereocenters. The number of rotatable bonds is 12. The summed E-state index contributed by atoms with van der Waals surface area (Å²) < 4.78 is 27.9. The molecule has 33 nitrogen and oxygen atoms in total. The van der Waals surface area contributed by atoms with E-state index >= 15 is 0 Å². The molecule has 0 aliphatic heterocycles. The fraction of sp³-hybridized carbons (Fsp3) is 0.218. The molecule has 18 N–H and O–H groups in total. The van der Waals surface area contributed by atoms with Crippen molar-refractivity contribution in [2.45, 2.75) is 110 Å². The fourth-order valence-electron chi connectivity index (χ4n) is 10.9. The van der Waals surface area contributed by atoms with Crippen LogP contribution in [0.4, 0.5) is 26.6 Å². The van der Waals surface area contributed by atoms with E-state index in [2.05, 4.69) is 136 Å². The summed E-state index contributed by atoms with van der Waals surface area (Å²) >= 11 is 5.85. The largest absolute Gasteiger partial charge is 0.478 e. The number of guanidine groups is 2. The van der Waals surface area contributed by atoms with Crippen LogP contribution >= 0.6 is 11.6 Å². The van der Waals surface area contributed by atoms with Crippen LogP contribution in [0.25, 0.3) is 54.5 Å². The molecule has 0 bridgehead atoms. The summed E-state index contributed by atoms with van der Waals surface area (Å²) in [6.07, 6.45) is 12.8. The third-order valence-electron chi connectivity index (χ3n) is 16.0. The number of pyridine rings is 2. The van der Waals surface area contributed by atoms with E-state index in [1.807, 2.05) is 30.3 Å². The second-order valence-corrected chi connectivity index (χ2v) is 31.8. The number of nitrogens with zero attached hydrogens (tertiary/aromatic N) is 20. The molecule has 586 valence electrons. The predicted octanol–water partition coefficient (Wildman–Crippen LogP) is 11.1. The number of nitriles is 5. The maximum Gasteiger partial charge on any atom is 0.338 e. The summed E-state index contributed by atoms with van der Waals surface area (Å²) in [7, 11) is -1.47. The number of carbonyl (C=O) groups excluding carboxylic acids is 1. The lowest BCUT2D eigenvalue weighted by atomic mass is 10.0. The Labute approximate surface area is 665 Å². The smallest absolute Gasteiger partial charge is 0.338 e. The van der Waals surface area contributed by atoms with Gasteiger partial charge in [-0.1, -0.05) is 112 Å². The second-order valence-electron chi connectivity index (χ2n) is 25.9. The van der Waals surface area contributed by atoms with Crippen molar-refractivity contribution in [3.05, 3.63) is 228 Å². The molecule has 0 atom stereocenters. The van der Waals surface area contributed by atoms with Crippen LogP contribution in [0, 0.1) is 98.0 Å². The number of nitrogens with two attached hydrogens (primary N) is 7. The highest BCUT2D eigenvalue weighted by molar-refractivity contribution is 6.90. The number of hydrogen-bond donors (Lipinski definition) is 11. The third-order valence-corrected chi connectivity index (χ3v) is 22.5. The van der Waals surface area contributed by atoms with Gasteiger partial charge in [0.2, 0.25) is 17.8 Å². The van der Waals surface area contributed by atoms with Crippen molar-refractivity contribution in [3.63, 3.8) is 0 Å². The molecule has 37 heteroatoms. The zero-order valence-electron chi connectivity index (χ0n) is 63.8. The molecular weight excluding hydrogens is 1510 g/mol. The number of halogens is 3. The van der Waals surface area contributed by atoms with Crippen LogP contribution in [-0.4, -0.2) is 102 Å². The van der Waals surface area contributed by atoms with Crippen LogP contribution in [0.15, 0.2) is 144 Å². The highest BCUT2D eigenvalue weighted by Crippen LogP contribution is 2.40. The molecule has 6 aromatic heterocycles. The number of aliphatic hydroxyl groups is 2. The summed E-state index contributed by atoms with van der Waals surface area (Å²) in [6, 6.07) is 43.1. The molecule has 11 rings (SSSR count). The number of nitrogens with one attached hydrogen (secondary N) is 1. The quantitative estimate of drug-likeness (QED) is 0.00791. The van der Waals surface area contributed by atoms with E-state index in [-0.39, 0.29) is 52.2 Å². The molecule has 1 amide bonds. The van der Waals surface area contributed by atoms with Gasteiger partial charge in [-0.3, -0.25) is 20.2 Å². The second kappa shape index (κ2) is 42.7. The van der Waals surface area contributed by atoms with Crippen molar-refractivity contribution in [1.29, 1.82) is 31.7 Å². The first kappa shape index (κ1) is 92.2. The lowest BCUT2D eigenvalue weighted by Crippen LogP contribution is -2.43. The topological polar surface area (TPSA) is 615 Å².